The van der Waals surface area contributed by atoms with Crippen LogP contribution in [-0.2, 0) is 0 Å². The molecule has 3 aromatic rings. The highest BCUT2D eigenvalue weighted by Crippen LogP contribution is 2.36. The molecule has 6 nitrogen and oxygen atoms in total. The molecule has 24 heavy (non-hydrogen) atoms. The molecule has 0 aliphatic carbocycles. The molecule has 0 aliphatic rings. The molecule has 0 fully saturated rings. The minimum Gasteiger partial charge on any atom is -0.496 e. The van der Waals surface area contributed by atoms with Crippen LogP contribution in [0.3, 0.4) is 0 Å². The predicted molar refractivity (Wildman–Crippen MR) is 101 cm³/mol. The van der Waals surface area contributed by atoms with Gasteiger partial charge in [0.05, 0.1) is 16.9 Å². The number of nitro benzene ring substituents is 1. The number of nitrogens with zero attached hydrogens (tertiary/aromatic N) is 2. The van der Waals surface area contributed by atoms with Crippen LogP contribution < -0.4 is 10.1 Å². The quantitative estimate of drug-likeness (QED) is 0.472. The molecular weight excluding hydrogens is 394 g/mol. The molecule has 0 radical (unpaired) electrons. The van der Waals surface area contributed by atoms with E-state index in [0.29, 0.717) is 10.8 Å². The number of hydrogen-bond donors (Lipinski definition) is 1. The molecule has 1 heterocycles. The van der Waals surface area contributed by atoms with Gasteiger partial charge < -0.3 is 10.1 Å². The molecular formula is C16H14BrN3O3S. The van der Waals surface area contributed by atoms with Crippen molar-refractivity contribution < 1.29 is 9.66 Å². The van der Waals surface area contributed by atoms with E-state index in [0.717, 1.165) is 16.2 Å². The number of nitrogens with one attached hydrogen (secondary N) is 1. The number of thiazole rings is 1. The summed E-state index contributed by atoms with van der Waals surface area (Å²) in [6.07, 6.45) is 1.75. The first-order valence-electron chi connectivity index (χ1n) is 6.78. The van der Waals surface area contributed by atoms with Crippen molar-refractivity contribution in [2.75, 3.05) is 12.4 Å². The Morgan fingerprint density at radius 2 is 2.00 bits per heavy atom. The van der Waals surface area contributed by atoms with E-state index in [1.165, 1.54) is 23.5 Å². The van der Waals surface area contributed by atoms with Crippen LogP contribution in [0, 0.1) is 10.1 Å². The third kappa shape index (κ3) is 3.90. The molecule has 0 bridgehead atoms. The predicted octanol–water partition coefficient (Wildman–Crippen LogP) is 5.05. The Morgan fingerprint density at radius 1 is 1.21 bits per heavy atom. The van der Waals surface area contributed by atoms with Crippen molar-refractivity contribution in [1.82, 2.24) is 4.98 Å². The zero-order valence-electron chi connectivity index (χ0n) is 12.6. The second-order valence-corrected chi connectivity index (χ2v) is 5.69. The topological polar surface area (TPSA) is 77.3 Å². The van der Waals surface area contributed by atoms with Gasteiger partial charge in [-0.05, 0) is 18.2 Å². The van der Waals surface area contributed by atoms with E-state index in [2.05, 4.69) is 10.3 Å². The van der Waals surface area contributed by atoms with Gasteiger partial charge in [0.2, 0.25) is 0 Å². The van der Waals surface area contributed by atoms with Crippen molar-refractivity contribution >= 4 is 44.8 Å². The number of ether oxygens (including phenoxy) is 1. The fourth-order valence-electron chi connectivity index (χ4n) is 2.13. The third-order valence-corrected chi connectivity index (χ3v) is 4.13. The molecule has 8 heteroatoms. The van der Waals surface area contributed by atoms with E-state index in [1.54, 1.807) is 25.4 Å². The zero-order chi connectivity index (χ0) is 16.2. The van der Waals surface area contributed by atoms with Crippen LogP contribution in [0.4, 0.5) is 16.5 Å². The highest BCUT2D eigenvalue weighted by Gasteiger charge is 2.10. The maximum absolute atomic E-state index is 10.8. The van der Waals surface area contributed by atoms with Crippen LogP contribution in [-0.4, -0.2) is 17.0 Å². The number of nitro groups is 1. The molecule has 0 unspecified atom stereocenters. The summed E-state index contributed by atoms with van der Waals surface area (Å²) in [5.41, 5.74) is 1.62. The fourth-order valence-corrected chi connectivity index (χ4v) is 2.99. The van der Waals surface area contributed by atoms with Crippen molar-refractivity contribution in [2.45, 2.75) is 0 Å². The van der Waals surface area contributed by atoms with E-state index in [1.807, 2.05) is 24.3 Å². The molecule has 0 amide bonds. The first-order chi connectivity index (χ1) is 11.2. The lowest BCUT2D eigenvalue weighted by Gasteiger charge is -2.05. The van der Waals surface area contributed by atoms with Crippen molar-refractivity contribution in [2.24, 2.45) is 0 Å². The molecule has 1 N–H and O–H groups in total. The highest BCUT2D eigenvalue weighted by atomic mass is 79.9. The molecule has 0 saturated heterocycles. The van der Waals surface area contributed by atoms with Gasteiger partial charge in [-0.3, -0.25) is 10.1 Å². The van der Waals surface area contributed by atoms with Crippen LogP contribution in [0.2, 0.25) is 0 Å². The van der Waals surface area contributed by atoms with Gasteiger partial charge in [-0.2, -0.15) is 0 Å². The Balaban J connectivity index is 0.00000208. The average molecular weight is 408 g/mol. The maximum Gasteiger partial charge on any atom is 0.271 e. The lowest BCUT2D eigenvalue weighted by molar-refractivity contribution is -0.384. The van der Waals surface area contributed by atoms with Crippen molar-refractivity contribution in [3.63, 3.8) is 0 Å². The van der Waals surface area contributed by atoms with Gasteiger partial charge >= 0.3 is 0 Å². The average Bonchev–Trinajstić information content (AvgIpc) is 3.03. The van der Waals surface area contributed by atoms with E-state index >= 15 is 0 Å². The number of benzene rings is 2. The molecule has 124 valence electrons. The Bertz CT molecular complexity index is 854. The van der Waals surface area contributed by atoms with E-state index < -0.39 is 4.92 Å². The highest BCUT2D eigenvalue weighted by molar-refractivity contribution is 8.93. The second-order valence-electron chi connectivity index (χ2n) is 4.66. The second kappa shape index (κ2) is 7.89. The molecule has 0 atom stereocenters. The van der Waals surface area contributed by atoms with Crippen LogP contribution in [0.15, 0.2) is 54.7 Å². The SMILES string of the molecule is Br.COc1ccccc1-c1cnc(Nc2cccc([N+](=O)[O-])c2)s1. The van der Waals surface area contributed by atoms with Gasteiger partial charge in [0.1, 0.15) is 5.75 Å². The van der Waals surface area contributed by atoms with Gasteiger partial charge in [0, 0.05) is 29.6 Å². The Hall–Kier alpha value is -2.45. The van der Waals surface area contributed by atoms with Gasteiger partial charge in [0.25, 0.3) is 5.69 Å². The Morgan fingerprint density at radius 3 is 2.75 bits per heavy atom. The van der Waals surface area contributed by atoms with E-state index in [-0.39, 0.29) is 22.7 Å². The van der Waals surface area contributed by atoms with E-state index in [9.17, 15) is 10.1 Å². The first-order valence-corrected chi connectivity index (χ1v) is 7.60. The first kappa shape index (κ1) is 17.9. The smallest absolute Gasteiger partial charge is 0.271 e. The summed E-state index contributed by atoms with van der Waals surface area (Å²) in [7, 11) is 1.63. The van der Waals surface area contributed by atoms with Gasteiger partial charge in [-0.25, -0.2) is 4.98 Å². The lowest BCUT2D eigenvalue weighted by atomic mass is 10.2. The lowest BCUT2D eigenvalue weighted by Crippen LogP contribution is -1.92. The number of anilines is 2. The standard InChI is InChI=1S/C16H13N3O3S.BrH/c1-22-14-8-3-2-7-13(14)15-10-17-16(23-15)18-11-5-4-6-12(9-11)19(20)21;/h2-10H,1H3,(H,17,18);1H. The molecule has 0 spiro atoms. The summed E-state index contributed by atoms with van der Waals surface area (Å²) in [6.45, 7) is 0. The molecule has 0 saturated carbocycles. The molecule has 2 aromatic carbocycles. The molecule has 3 rings (SSSR count). The summed E-state index contributed by atoms with van der Waals surface area (Å²) in [4.78, 5) is 15.7. The van der Waals surface area contributed by atoms with Crippen molar-refractivity contribution in [3.8, 4) is 16.2 Å². The summed E-state index contributed by atoms with van der Waals surface area (Å²) in [5, 5.41) is 14.6. The van der Waals surface area contributed by atoms with Gasteiger partial charge in [-0.1, -0.05) is 29.5 Å². The van der Waals surface area contributed by atoms with E-state index in [4.69, 9.17) is 4.74 Å². The largest absolute Gasteiger partial charge is 0.496 e. The number of hydrogen-bond acceptors (Lipinski definition) is 6. The molecule has 0 aliphatic heterocycles. The normalized spacial score (nSPS) is 9.88. The Kier molecular flexibility index (Phi) is 5.88. The third-order valence-electron chi connectivity index (χ3n) is 3.19. The monoisotopic (exact) mass is 407 g/mol. The van der Waals surface area contributed by atoms with Crippen molar-refractivity contribution in [3.05, 3.63) is 64.8 Å². The summed E-state index contributed by atoms with van der Waals surface area (Å²) in [5.74, 6) is 0.776. The van der Waals surface area contributed by atoms with Gasteiger partial charge in [0.15, 0.2) is 5.13 Å². The number of para-hydroxylation sites is 1. The Labute approximate surface area is 153 Å². The van der Waals surface area contributed by atoms with Crippen LogP contribution in [0.1, 0.15) is 0 Å². The summed E-state index contributed by atoms with van der Waals surface area (Å²) >= 11 is 1.45. The number of methoxy groups -OCH3 is 1. The molecule has 1 aromatic heterocycles. The van der Waals surface area contributed by atoms with Gasteiger partial charge in [-0.15, -0.1) is 17.0 Å². The van der Waals surface area contributed by atoms with Crippen molar-refractivity contribution in [1.29, 1.82) is 0 Å². The zero-order valence-corrected chi connectivity index (χ0v) is 15.2. The number of non-ortho nitro benzene ring substituents is 1. The van der Waals surface area contributed by atoms with Crippen LogP contribution >= 0.6 is 28.3 Å². The summed E-state index contributed by atoms with van der Waals surface area (Å²) in [6, 6.07) is 14.0. The van der Waals surface area contributed by atoms with Crippen LogP contribution in [0.5, 0.6) is 5.75 Å². The van der Waals surface area contributed by atoms with Crippen LogP contribution in [0.25, 0.3) is 10.4 Å². The number of aromatic nitrogens is 1. The fraction of sp³-hybridized carbons (Fsp3) is 0.0625. The number of rotatable bonds is 5. The minimum absolute atomic E-state index is 0. The minimum atomic E-state index is -0.423. The summed E-state index contributed by atoms with van der Waals surface area (Å²) < 4.78 is 5.35. The maximum atomic E-state index is 10.8. The number of halogens is 1.